The van der Waals surface area contributed by atoms with Crippen molar-refractivity contribution in [2.24, 2.45) is 0 Å². The molecule has 3 rings (SSSR count). The number of hydrogen-bond acceptors (Lipinski definition) is 5. The first-order valence-electron chi connectivity index (χ1n) is 8.76. The van der Waals surface area contributed by atoms with E-state index in [0.29, 0.717) is 16.5 Å². The lowest BCUT2D eigenvalue weighted by Gasteiger charge is -2.28. The maximum Gasteiger partial charge on any atom is 0.433 e. The van der Waals surface area contributed by atoms with Crippen LogP contribution in [-0.4, -0.2) is 31.7 Å². The molecule has 0 N–H and O–H groups in total. The Bertz CT molecular complexity index is 1020. The summed E-state index contributed by atoms with van der Waals surface area (Å²) >= 11 is 0. The van der Waals surface area contributed by atoms with Crippen molar-refractivity contribution in [3.63, 3.8) is 0 Å². The zero-order valence-electron chi connectivity index (χ0n) is 15.5. The minimum Gasteiger partial charge on any atom is -0.491 e. The Morgan fingerprint density at radius 2 is 1.68 bits per heavy atom. The van der Waals surface area contributed by atoms with E-state index < -0.39 is 48.0 Å². The summed E-state index contributed by atoms with van der Waals surface area (Å²) in [5.74, 6) is 0.279. The topological polar surface area (TPSA) is 69.3 Å². The highest BCUT2D eigenvalue weighted by molar-refractivity contribution is 5.64. The van der Waals surface area contributed by atoms with E-state index in [1.807, 2.05) is 6.07 Å². The van der Waals surface area contributed by atoms with Gasteiger partial charge in [0.15, 0.2) is 0 Å². The molecule has 11 heteroatoms. The van der Waals surface area contributed by atoms with Crippen molar-refractivity contribution in [1.82, 2.24) is 0 Å². The van der Waals surface area contributed by atoms with Crippen LogP contribution in [0.3, 0.4) is 0 Å². The molecule has 1 aliphatic rings. The lowest BCUT2D eigenvalue weighted by molar-refractivity contribution is -0.215. The number of alkyl halides is 6. The minimum atomic E-state index is -4.93. The molecule has 1 saturated heterocycles. The Morgan fingerprint density at radius 3 is 2.23 bits per heavy atom. The average Bonchev–Trinajstić information content (AvgIpc) is 3.16. The Labute approximate surface area is 172 Å². The number of halogens is 6. The van der Waals surface area contributed by atoms with Crippen molar-refractivity contribution in [2.75, 3.05) is 18.1 Å². The van der Waals surface area contributed by atoms with Gasteiger partial charge in [0.05, 0.1) is 35.0 Å². The second kappa shape index (κ2) is 8.36. The van der Waals surface area contributed by atoms with Crippen LogP contribution in [-0.2, 0) is 10.9 Å². The zero-order valence-corrected chi connectivity index (χ0v) is 15.5. The van der Waals surface area contributed by atoms with E-state index in [1.54, 1.807) is 0 Å². The van der Waals surface area contributed by atoms with Crippen molar-refractivity contribution in [3.8, 4) is 17.9 Å². The first-order valence-corrected chi connectivity index (χ1v) is 8.76. The third kappa shape index (κ3) is 4.84. The van der Waals surface area contributed by atoms with Crippen LogP contribution in [0.2, 0.25) is 0 Å². The van der Waals surface area contributed by atoms with Crippen LogP contribution in [0.4, 0.5) is 32.0 Å². The van der Waals surface area contributed by atoms with Crippen LogP contribution < -0.4 is 9.64 Å². The second-order valence-electron chi connectivity index (χ2n) is 6.56. The molecule has 2 aromatic carbocycles. The third-order valence-corrected chi connectivity index (χ3v) is 4.47. The lowest BCUT2D eigenvalue weighted by atomic mass is 10.0. The molecule has 1 heterocycles. The monoisotopic (exact) mass is 441 g/mol. The van der Waals surface area contributed by atoms with Gasteiger partial charge in [-0.3, -0.25) is 0 Å². The van der Waals surface area contributed by atoms with Crippen molar-refractivity contribution >= 4 is 5.69 Å². The van der Waals surface area contributed by atoms with Crippen LogP contribution in [0.25, 0.3) is 0 Å². The van der Waals surface area contributed by atoms with Crippen molar-refractivity contribution in [2.45, 2.75) is 24.7 Å². The fraction of sp³-hybridized carbons (Fsp3) is 0.300. The summed E-state index contributed by atoms with van der Waals surface area (Å²) in [5.41, 5.74) is -2.41. The molecule has 1 aliphatic heterocycles. The molecule has 0 unspecified atom stereocenters. The highest BCUT2D eigenvalue weighted by atomic mass is 19.4. The Hall–Kier alpha value is -3.44. The molecule has 2 aromatic rings. The highest BCUT2D eigenvalue weighted by Crippen LogP contribution is 2.40. The largest absolute Gasteiger partial charge is 0.491 e. The van der Waals surface area contributed by atoms with Gasteiger partial charge in [-0.15, -0.1) is 0 Å². The van der Waals surface area contributed by atoms with Gasteiger partial charge in [-0.1, -0.05) is 6.07 Å². The quantitative estimate of drug-likeness (QED) is 0.648. The molecule has 162 valence electrons. The van der Waals surface area contributed by atoms with Gasteiger partial charge in [-0.2, -0.15) is 36.9 Å². The molecule has 31 heavy (non-hydrogen) atoms. The van der Waals surface area contributed by atoms with Crippen LogP contribution in [0.15, 0.2) is 42.5 Å². The van der Waals surface area contributed by atoms with Crippen LogP contribution in [0.5, 0.6) is 5.75 Å². The van der Waals surface area contributed by atoms with Crippen LogP contribution in [0, 0.1) is 22.7 Å². The number of nitriles is 2. The number of hydrogen-bond donors (Lipinski definition) is 0. The summed E-state index contributed by atoms with van der Waals surface area (Å²) in [6, 6.07) is 11.7. The van der Waals surface area contributed by atoms with Gasteiger partial charge in [0.1, 0.15) is 24.5 Å². The van der Waals surface area contributed by atoms with E-state index in [9.17, 15) is 31.6 Å². The van der Waals surface area contributed by atoms with Gasteiger partial charge in [-0.25, -0.2) is 0 Å². The fourth-order valence-corrected chi connectivity index (χ4v) is 3.13. The number of ether oxygens (including phenoxy) is 2. The molecular weight excluding hydrogens is 428 g/mol. The fourth-order valence-electron chi connectivity index (χ4n) is 3.13. The predicted octanol–water partition coefficient (Wildman–Crippen LogP) is 4.62. The molecule has 0 bridgehead atoms. The van der Waals surface area contributed by atoms with E-state index in [2.05, 4.69) is 0 Å². The molecule has 0 aliphatic carbocycles. The van der Waals surface area contributed by atoms with E-state index >= 15 is 0 Å². The van der Waals surface area contributed by atoms with Crippen molar-refractivity contribution in [1.29, 1.82) is 10.5 Å². The Morgan fingerprint density at radius 1 is 1.00 bits per heavy atom. The average molecular weight is 441 g/mol. The van der Waals surface area contributed by atoms with Gasteiger partial charge in [0.2, 0.25) is 6.23 Å². The summed E-state index contributed by atoms with van der Waals surface area (Å²) in [4.78, 5) is 0.584. The van der Waals surface area contributed by atoms with Gasteiger partial charge >= 0.3 is 12.4 Å². The molecule has 2 atom stereocenters. The number of anilines is 1. The van der Waals surface area contributed by atoms with Crippen LogP contribution in [0.1, 0.15) is 16.7 Å². The normalized spacial score (nSPS) is 19.0. The smallest absolute Gasteiger partial charge is 0.433 e. The van der Waals surface area contributed by atoms with Gasteiger partial charge in [-0.05, 0) is 36.4 Å². The van der Waals surface area contributed by atoms with E-state index in [0.717, 1.165) is 12.1 Å². The predicted molar refractivity (Wildman–Crippen MR) is 94.9 cm³/mol. The molecule has 0 saturated carbocycles. The van der Waals surface area contributed by atoms with Crippen LogP contribution >= 0.6 is 0 Å². The molecule has 0 radical (unpaired) electrons. The standard InChI is InChI=1S/C20H13F6N3O2/c21-19(22,23)16-2-1-3-17(15(16)9-28)29-10-14(31-18(29)20(24,25)26)11-30-13-6-4-12(8-27)5-7-13/h1-7,14,18H,10-11H2/t14-,18-/m0/s1. The molecular formula is C20H13F6N3O2. The lowest BCUT2D eigenvalue weighted by Crippen LogP contribution is -2.42. The first-order chi connectivity index (χ1) is 14.5. The van der Waals surface area contributed by atoms with E-state index in [1.165, 1.54) is 30.3 Å². The number of rotatable bonds is 4. The number of nitrogens with zero attached hydrogens (tertiary/aromatic N) is 3. The molecule has 0 amide bonds. The zero-order chi connectivity index (χ0) is 22.8. The van der Waals surface area contributed by atoms with Gasteiger partial charge in [0.25, 0.3) is 0 Å². The second-order valence-corrected chi connectivity index (χ2v) is 6.56. The Kier molecular flexibility index (Phi) is 6.00. The maximum absolute atomic E-state index is 13.5. The van der Waals surface area contributed by atoms with Gasteiger partial charge < -0.3 is 14.4 Å². The minimum absolute atomic E-state index is 0.279. The summed E-state index contributed by atoms with van der Waals surface area (Å²) in [6.45, 7) is -0.772. The summed E-state index contributed by atoms with van der Waals surface area (Å²) in [5, 5.41) is 18.0. The maximum atomic E-state index is 13.5. The summed E-state index contributed by atoms with van der Waals surface area (Å²) in [6.07, 6.45) is -13.5. The van der Waals surface area contributed by atoms with Crippen molar-refractivity contribution < 1.29 is 35.8 Å². The van der Waals surface area contributed by atoms with Gasteiger partial charge in [0, 0.05) is 0 Å². The molecule has 5 nitrogen and oxygen atoms in total. The molecule has 0 aromatic heterocycles. The van der Waals surface area contributed by atoms with Crippen molar-refractivity contribution in [3.05, 3.63) is 59.2 Å². The Balaban J connectivity index is 1.86. The SMILES string of the molecule is N#Cc1ccc(OC[C@@H]2CN(c3cccc(C(F)(F)F)c3C#N)[C@H](C(F)(F)F)O2)cc1. The molecule has 1 fully saturated rings. The third-order valence-electron chi connectivity index (χ3n) is 4.47. The highest BCUT2D eigenvalue weighted by Gasteiger charge is 2.52. The summed E-state index contributed by atoms with van der Waals surface area (Å²) < 4.78 is 90.7. The molecule has 0 spiro atoms. The van der Waals surface area contributed by atoms with E-state index in [-0.39, 0.29) is 12.4 Å². The van der Waals surface area contributed by atoms with E-state index in [4.69, 9.17) is 14.7 Å². The number of benzene rings is 2. The first kappa shape index (κ1) is 22.2. The summed E-state index contributed by atoms with van der Waals surface area (Å²) in [7, 11) is 0.